The van der Waals surface area contributed by atoms with Crippen molar-refractivity contribution in [3.63, 3.8) is 0 Å². The zero-order valence-corrected chi connectivity index (χ0v) is 21.2. The molecule has 3 rings (SSSR count). The summed E-state index contributed by atoms with van der Waals surface area (Å²) < 4.78 is 8.73. The van der Waals surface area contributed by atoms with Gasteiger partial charge in [0.2, 0.25) is 11.9 Å². The van der Waals surface area contributed by atoms with E-state index in [1.54, 1.807) is 6.07 Å². The Morgan fingerprint density at radius 2 is 1.94 bits per heavy atom. The highest BCUT2D eigenvalue weighted by Crippen LogP contribution is 2.41. The molecule has 0 unspecified atom stereocenters. The van der Waals surface area contributed by atoms with Gasteiger partial charge in [-0.1, -0.05) is 27.7 Å². The first-order valence-electron chi connectivity index (χ1n) is 11.2. The van der Waals surface area contributed by atoms with Gasteiger partial charge in [0, 0.05) is 6.04 Å². The number of nitriles is 1. The molecular formula is C24H36N4O2Si. The maximum absolute atomic E-state index is 13.3. The van der Waals surface area contributed by atoms with Crippen LogP contribution >= 0.6 is 0 Å². The summed E-state index contributed by atoms with van der Waals surface area (Å²) in [4.78, 5) is 18.0. The molecule has 1 saturated carbocycles. The molecule has 1 heterocycles. The van der Waals surface area contributed by atoms with Crippen molar-refractivity contribution in [2.24, 2.45) is 5.92 Å². The van der Waals surface area contributed by atoms with Crippen molar-refractivity contribution < 1.29 is 9.22 Å². The molecule has 1 amide bonds. The third-order valence-corrected chi connectivity index (χ3v) is 11.9. The Bertz CT molecular complexity index is 1020. The van der Waals surface area contributed by atoms with E-state index in [1.807, 2.05) is 32.9 Å². The van der Waals surface area contributed by atoms with Gasteiger partial charge in [0.05, 0.1) is 34.2 Å². The van der Waals surface area contributed by atoms with E-state index in [0.717, 1.165) is 23.9 Å². The van der Waals surface area contributed by atoms with Gasteiger partial charge in [-0.3, -0.25) is 10.1 Å². The lowest BCUT2D eigenvalue weighted by atomic mass is 9.92. The molecule has 0 radical (unpaired) electrons. The highest BCUT2D eigenvalue weighted by Gasteiger charge is 2.44. The lowest BCUT2D eigenvalue weighted by molar-refractivity contribution is -0.125. The number of nitrogens with one attached hydrogen (secondary N) is 1. The van der Waals surface area contributed by atoms with E-state index in [4.69, 9.17) is 9.41 Å². The number of benzene rings is 1. The van der Waals surface area contributed by atoms with Crippen molar-refractivity contribution in [3.05, 3.63) is 23.8 Å². The second-order valence-corrected chi connectivity index (χ2v) is 15.6. The number of imidazole rings is 1. The molecular weight excluding hydrogens is 404 g/mol. The van der Waals surface area contributed by atoms with E-state index in [2.05, 4.69) is 49.8 Å². The minimum atomic E-state index is -2.03. The monoisotopic (exact) mass is 440 g/mol. The summed E-state index contributed by atoms with van der Waals surface area (Å²) in [5.74, 6) is 0.112. The van der Waals surface area contributed by atoms with Crippen molar-refractivity contribution >= 4 is 31.2 Å². The molecule has 1 aromatic carbocycles. The van der Waals surface area contributed by atoms with E-state index >= 15 is 0 Å². The van der Waals surface area contributed by atoms with Gasteiger partial charge in [-0.25, -0.2) is 4.98 Å². The van der Waals surface area contributed by atoms with Gasteiger partial charge in [-0.15, -0.1) is 0 Å². The normalized spacial score (nSPS) is 16.6. The number of anilines is 1. The lowest BCUT2D eigenvalue weighted by Gasteiger charge is -2.44. The fraction of sp³-hybridized carbons (Fsp3) is 0.625. The SMILES string of the molecule is C[C@H](C(=O)Nc1nc2ccc(C#N)cc2n1C1CCC1)C(C)(C)O[Si](C)(C)C(C)(C)C. The van der Waals surface area contributed by atoms with Gasteiger partial charge in [0.25, 0.3) is 0 Å². The first kappa shape index (κ1) is 23.5. The Hall–Kier alpha value is -2.17. The van der Waals surface area contributed by atoms with E-state index in [1.165, 1.54) is 6.42 Å². The van der Waals surface area contributed by atoms with Crippen LogP contribution in [0.4, 0.5) is 5.95 Å². The summed E-state index contributed by atoms with van der Waals surface area (Å²) in [6.07, 6.45) is 3.28. The molecule has 0 aliphatic heterocycles. The molecule has 2 aromatic rings. The van der Waals surface area contributed by atoms with Gasteiger partial charge < -0.3 is 8.99 Å². The molecule has 7 heteroatoms. The van der Waals surface area contributed by atoms with Crippen molar-refractivity contribution in [2.75, 3.05) is 5.32 Å². The summed E-state index contributed by atoms with van der Waals surface area (Å²) in [7, 11) is -2.03. The molecule has 0 spiro atoms. The number of hydrogen-bond donors (Lipinski definition) is 1. The Labute approximate surface area is 187 Å². The van der Waals surface area contributed by atoms with Crippen LogP contribution in [0.5, 0.6) is 0 Å². The van der Waals surface area contributed by atoms with Gasteiger partial charge in [0.15, 0.2) is 8.32 Å². The molecule has 31 heavy (non-hydrogen) atoms. The number of fused-ring (bicyclic) bond motifs is 1. The Morgan fingerprint density at radius 1 is 1.29 bits per heavy atom. The van der Waals surface area contributed by atoms with Gasteiger partial charge in [0.1, 0.15) is 0 Å². The van der Waals surface area contributed by atoms with Gasteiger partial charge in [-0.2, -0.15) is 5.26 Å². The first-order valence-corrected chi connectivity index (χ1v) is 14.1. The quantitative estimate of drug-likeness (QED) is 0.558. The van der Waals surface area contributed by atoms with Crippen molar-refractivity contribution in [3.8, 4) is 6.07 Å². The van der Waals surface area contributed by atoms with Crippen molar-refractivity contribution in [1.82, 2.24) is 9.55 Å². The standard InChI is InChI=1S/C24H36N4O2Si/c1-16(24(5,6)30-31(7,8)23(2,3)4)21(29)27-22-26-19-13-12-17(15-25)14-20(19)28(22)18-10-9-11-18/h12-14,16,18H,9-11H2,1-8H3,(H,26,27,29)/t16-/m1/s1. The summed E-state index contributed by atoms with van der Waals surface area (Å²) >= 11 is 0. The number of nitrogens with zero attached hydrogens (tertiary/aromatic N) is 3. The second kappa shape index (κ2) is 8.07. The predicted molar refractivity (Wildman–Crippen MR) is 127 cm³/mol. The molecule has 1 aliphatic carbocycles. The number of carbonyl (C=O) groups is 1. The summed E-state index contributed by atoms with van der Waals surface area (Å²) in [5, 5.41) is 12.5. The molecule has 1 fully saturated rings. The predicted octanol–water partition coefficient (Wildman–Crippen LogP) is 6.01. The smallest absolute Gasteiger partial charge is 0.232 e. The summed E-state index contributed by atoms with van der Waals surface area (Å²) in [6, 6.07) is 8.00. The fourth-order valence-electron chi connectivity index (χ4n) is 3.70. The Balaban J connectivity index is 1.88. The number of hydrogen-bond acceptors (Lipinski definition) is 4. The van der Waals surface area contributed by atoms with E-state index in [-0.39, 0.29) is 16.9 Å². The number of aromatic nitrogens is 2. The van der Waals surface area contributed by atoms with E-state index in [9.17, 15) is 10.1 Å². The molecule has 1 N–H and O–H groups in total. The minimum Gasteiger partial charge on any atom is -0.411 e. The van der Waals surface area contributed by atoms with Crippen molar-refractivity contribution in [1.29, 1.82) is 5.26 Å². The Morgan fingerprint density at radius 3 is 2.45 bits per heavy atom. The van der Waals surface area contributed by atoms with Crippen LogP contribution in [0, 0.1) is 17.2 Å². The van der Waals surface area contributed by atoms with Crippen LogP contribution in [-0.2, 0) is 9.22 Å². The fourth-order valence-corrected chi connectivity index (χ4v) is 5.50. The van der Waals surface area contributed by atoms with Gasteiger partial charge >= 0.3 is 0 Å². The summed E-state index contributed by atoms with van der Waals surface area (Å²) in [5.41, 5.74) is 1.70. The van der Waals surface area contributed by atoms with Crippen LogP contribution < -0.4 is 5.32 Å². The number of rotatable bonds is 6. The second-order valence-electron chi connectivity index (χ2n) is 10.9. The molecule has 168 valence electrons. The maximum Gasteiger partial charge on any atom is 0.232 e. The van der Waals surface area contributed by atoms with E-state index < -0.39 is 13.9 Å². The lowest BCUT2D eigenvalue weighted by Crippen LogP contribution is -2.52. The highest BCUT2D eigenvalue weighted by atomic mass is 28.4. The molecule has 0 bridgehead atoms. The van der Waals surface area contributed by atoms with Crippen LogP contribution in [0.3, 0.4) is 0 Å². The molecule has 1 atom stereocenters. The minimum absolute atomic E-state index is 0.0666. The van der Waals surface area contributed by atoms with Crippen LogP contribution in [-0.4, -0.2) is 29.4 Å². The van der Waals surface area contributed by atoms with Crippen molar-refractivity contribution in [2.45, 2.75) is 90.6 Å². The summed E-state index contributed by atoms with van der Waals surface area (Å²) in [6.45, 7) is 17.0. The zero-order valence-electron chi connectivity index (χ0n) is 20.2. The average molecular weight is 441 g/mol. The number of carbonyl (C=O) groups excluding carboxylic acids is 1. The topological polar surface area (TPSA) is 79.9 Å². The molecule has 0 saturated heterocycles. The molecule has 1 aliphatic rings. The molecule has 6 nitrogen and oxygen atoms in total. The highest BCUT2D eigenvalue weighted by molar-refractivity contribution is 6.74. The largest absolute Gasteiger partial charge is 0.411 e. The van der Waals surface area contributed by atoms with Crippen LogP contribution in [0.25, 0.3) is 11.0 Å². The zero-order chi connectivity index (χ0) is 23.2. The van der Waals surface area contributed by atoms with Crippen LogP contribution in [0.2, 0.25) is 18.1 Å². The molecule has 1 aromatic heterocycles. The third-order valence-electron chi connectivity index (χ3n) is 7.25. The number of amides is 1. The Kier molecular flexibility index (Phi) is 6.11. The van der Waals surface area contributed by atoms with Crippen LogP contribution in [0.1, 0.15) is 72.4 Å². The van der Waals surface area contributed by atoms with E-state index in [0.29, 0.717) is 17.6 Å². The third kappa shape index (κ3) is 4.56. The van der Waals surface area contributed by atoms with Gasteiger partial charge in [-0.05, 0) is 69.4 Å². The average Bonchev–Trinajstić information content (AvgIpc) is 2.94. The maximum atomic E-state index is 13.3. The van der Waals surface area contributed by atoms with Crippen LogP contribution in [0.15, 0.2) is 18.2 Å². The first-order chi connectivity index (χ1) is 14.3.